The standard InChI is InChI=1S/C21H19ClN4O3/c22-18(15-6-7-16-17(12-15)24-20(28)19(16)27)21(29)25-8-10-26(11-9-25)23-13-14-4-2-1-3-5-14/h1-7,12-13,18H,8-11H2,(H,24,27,28). The number of piperazine rings is 1. The average Bonchev–Trinajstić information content (AvgIpc) is 3.05. The molecule has 2 amide bonds. The molecule has 2 heterocycles. The van der Waals surface area contributed by atoms with Crippen LogP contribution in [0, 0.1) is 0 Å². The normalized spacial score (nSPS) is 17.4. The van der Waals surface area contributed by atoms with Crippen LogP contribution >= 0.6 is 11.6 Å². The summed E-state index contributed by atoms with van der Waals surface area (Å²) in [5.41, 5.74) is 2.28. The van der Waals surface area contributed by atoms with Gasteiger partial charge in [0.15, 0.2) is 0 Å². The van der Waals surface area contributed by atoms with Crippen molar-refractivity contribution in [2.45, 2.75) is 5.38 Å². The van der Waals surface area contributed by atoms with Crippen molar-refractivity contribution in [2.24, 2.45) is 5.10 Å². The van der Waals surface area contributed by atoms with Gasteiger partial charge in [0.1, 0.15) is 5.38 Å². The number of fused-ring (bicyclic) bond motifs is 1. The zero-order valence-corrected chi connectivity index (χ0v) is 16.3. The molecule has 1 unspecified atom stereocenters. The number of anilines is 1. The molecule has 2 aromatic carbocycles. The lowest BCUT2D eigenvalue weighted by atomic mass is 10.1. The second-order valence-corrected chi connectivity index (χ2v) is 7.32. The van der Waals surface area contributed by atoms with Gasteiger partial charge in [0, 0.05) is 13.1 Å². The molecular formula is C21H19ClN4O3. The molecule has 0 spiro atoms. The van der Waals surface area contributed by atoms with Crippen molar-refractivity contribution in [2.75, 3.05) is 31.5 Å². The van der Waals surface area contributed by atoms with Crippen molar-refractivity contribution in [3.8, 4) is 0 Å². The molecule has 0 aromatic heterocycles. The number of carbonyl (C=O) groups is 3. The van der Waals surface area contributed by atoms with Crippen molar-refractivity contribution >= 4 is 41.1 Å². The number of Topliss-reactive ketones (excluding diaryl/α,β-unsaturated/α-hetero) is 1. The number of alkyl halides is 1. The summed E-state index contributed by atoms with van der Waals surface area (Å²) in [6, 6.07) is 14.6. The molecule has 0 saturated carbocycles. The van der Waals surface area contributed by atoms with E-state index >= 15 is 0 Å². The Balaban J connectivity index is 1.36. The fourth-order valence-electron chi connectivity index (χ4n) is 3.34. The molecule has 0 aliphatic carbocycles. The number of hydrogen-bond donors (Lipinski definition) is 1. The first-order valence-electron chi connectivity index (χ1n) is 9.29. The predicted molar refractivity (Wildman–Crippen MR) is 110 cm³/mol. The highest BCUT2D eigenvalue weighted by molar-refractivity contribution is 6.51. The van der Waals surface area contributed by atoms with E-state index in [4.69, 9.17) is 11.6 Å². The van der Waals surface area contributed by atoms with Crippen LogP contribution in [0.25, 0.3) is 0 Å². The van der Waals surface area contributed by atoms with Crippen molar-refractivity contribution in [3.05, 3.63) is 65.2 Å². The molecule has 1 N–H and O–H groups in total. The van der Waals surface area contributed by atoms with Gasteiger partial charge in [-0.05, 0) is 23.3 Å². The van der Waals surface area contributed by atoms with Crippen LogP contribution in [0.2, 0.25) is 0 Å². The average molecular weight is 411 g/mol. The molecule has 8 heteroatoms. The Hall–Kier alpha value is -3.19. The van der Waals surface area contributed by atoms with E-state index in [0.29, 0.717) is 43.0 Å². The minimum atomic E-state index is -0.882. The Bertz CT molecular complexity index is 985. The van der Waals surface area contributed by atoms with Crippen LogP contribution in [0.15, 0.2) is 53.6 Å². The summed E-state index contributed by atoms with van der Waals surface area (Å²) in [6.07, 6.45) is 1.81. The third-order valence-electron chi connectivity index (χ3n) is 4.99. The third-order valence-corrected chi connectivity index (χ3v) is 5.43. The first-order valence-corrected chi connectivity index (χ1v) is 9.73. The summed E-state index contributed by atoms with van der Waals surface area (Å²) in [5, 5.41) is 8.01. The quantitative estimate of drug-likeness (QED) is 0.476. The predicted octanol–water partition coefficient (Wildman–Crippen LogP) is 2.28. The van der Waals surface area contributed by atoms with Crippen LogP contribution in [-0.2, 0) is 9.59 Å². The number of nitrogens with one attached hydrogen (secondary N) is 1. The number of nitrogens with zero attached hydrogens (tertiary/aromatic N) is 3. The number of hydrogen-bond acceptors (Lipinski definition) is 5. The van der Waals surface area contributed by atoms with Crippen LogP contribution in [0.1, 0.15) is 26.9 Å². The molecule has 2 aliphatic rings. The maximum absolute atomic E-state index is 12.8. The molecular weight excluding hydrogens is 392 g/mol. The number of carbonyl (C=O) groups excluding carboxylic acids is 3. The van der Waals surface area contributed by atoms with Crippen LogP contribution in [0.5, 0.6) is 0 Å². The van der Waals surface area contributed by atoms with Gasteiger partial charge < -0.3 is 10.2 Å². The lowest BCUT2D eigenvalue weighted by molar-refractivity contribution is -0.132. The monoisotopic (exact) mass is 410 g/mol. The number of benzene rings is 2. The minimum Gasteiger partial charge on any atom is -0.337 e. The van der Waals surface area contributed by atoms with Gasteiger partial charge in [-0.1, -0.05) is 36.4 Å². The van der Waals surface area contributed by atoms with Crippen LogP contribution < -0.4 is 5.32 Å². The third kappa shape index (κ3) is 4.00. The maximum atomic E-state index is 12.8. The van der Waals surface area contributed by atoms with E-state index in [1.165, 1.54) is 6.07 Å². The number of rotatable bonds is 4. The second-order valence-electron chi connectivity index (χ2n) is 6.89. The van der Waals surface area contributed by atoms with Crippen LogP contribution in [0.3, 0.4) is 0 Å². The van der Waals surface area contributed by atoms with E-state index in [2.05, 4.69) is 10.4 Å². The molecule has 0 bridgehead atoms. The van der Waals surface area contributed by atoms with Crippen LogP contribution in [-0.4, -0.2) is 59.9 Å². The Morgan fingerprint density at radius 2 is 1.79 bits per heavy atom. The highest BCUT2D eigenvalue weighted by atomic mass is 35.5. The van der Waals surface area contributed by atoms with E-state index in [-0.39, 0.29) is 5.91 Å². The second kappa shape index (κ2) is 8.05. The molecule has 4 rings (SSSR count). The van der Waals surface area contributed by atoms with E-state index in [9.17, 15) is 14.4 Å². The summed E-state index contributed by atoms with van der Waals surface area (Å²) < 4.78 is 0. The van der Waals surface area contributed by atoms with Gasteiger partial charge in [0.25, 0.3) is 11.7 Å². The van der Waals surface area contributed by atoms with Gasteiger partial charge in [-0.2, -0.15) is 5.10 Å². The smallest absolute Gasteiger partial charge is 0.296 e. The van der Waals surface area contributed by atoms with Gasteiger partial charge in [-0.3, -0.25) is 19.4 Å². The first kappa shape index (κ1) is 19.1. The summed E-state index contributed by atoms with van der Waals surface area (Å²) in [7, 11) is 0. The lowest BCUT2D eigenvalue weighted by Gasteiger charge is -2.34. The Morgan fingerprint density at radius 3 is 2.52 bits per heavy atom. The van der Waals surface area contributed by atoms with Gasteiger partial charge in [0.2, 0.25) is 5.91 Å². The summed E-state index contributed by atoms with van der Waals surface area (Å²) in [6.45, 7) is 2.28. The van der Waals surface area contributed by atoms with Gasteiger partial charge in [-0.25, -0.2) is 0 Å². The highest BCUT2D eigenvalue weighted by Gasteiger charge is 2.31. The zero-order chi connectivity index (χ0) is 20.4. The van der Waals surface area contributed by atoms with E-state index in [0.717, 1.165) is 5.56 Å². The molecule has 0 radical (unpaired) electrons. The fourth-order valence-corrected chi connectivity index (χ4v) is 3.62. The zero-order valence-electron chi connectivity index (χ0n) is 15.5. The topological polar surface area (TPSA) is 82.1 Å². The number of halogens is 1. The van der Waals surface area contributed by atoms with E-state index in [1.54, 1.807) is 17.0 Å². The molecule has 1 fully saturated rings. The molecule has 7 nitrogen and oxygen atoms in total. The van der Waals surface area contributed by atoms with Crippen LogP contribution in [0.4, 0.5) is 5.69 Å². The SMILES string of the molecule is O=C1Nc2cc(C(Cl)C(=O)N3CCN(N=Cc4ccccc4)CC3)ccc2C1=O. The number of amides is 2. The summed E-state index contributed by atoms with van der Waals surface area (Å²) in [5.74, 6) is -1.44. The summed E-state index contributed by atoms with van der Waals surface area (Å²) >= 11 is 6.41. The van der Waals surface area contributed by atoms with Crippen molar-refractivity contribution < 1.29 is 14.4 Å². The van der Waals surface area contributed by atoms with Gasteiger partial charge >= 0.3 is 0 Å². The Labute approximate surface area is 172 Å². The molecule has 1 saturated heterocycles. The van der Waals surface area contributed by atoms with Crippen molar-refractivity contribution in [1.82, 2.24) is 9.91 Å². The lowest BCUT2D eigenvalue weighted by Crippen LogP contribution is -2.47. The molecule has 2 aliphatic heterocycles. The largest absolute Gasteiger partial charge is 0.337 e. The molecule has 2 aromatic rings. The Morgan fingerprint density at radius 1 is 1.07 bits per heavy atom. The van der Waals surface area contributed by atoms with E-state index < -0.39 is 17.1 Å². The Kier molecular flexibility index (Phi) is 5.31. The minimum absolute atomic E-state index is 0.200. The first-order chi connectivity index (χ1) is 14.0. The number of hydrazone groups is 1. The molecule has 148 valence electrons. The highest BCUT2D eigenvalue weighted by Crippen LogP contribution is 2.30. The van der Waals surface area contributed by atoms with E-state index in [1.807, 2.05) is 41.6 Å². The molecule has 29 heavy (non-hydrogen) atoms. The molecule has 1 atom stereocenters. The van der Waals surface area contributed by atoms with Crippen molar-refractivity contribution in [1.29, 1.82) is 0 Å². The fraction of sp³-hybridized carbons (Fsp3) is 0.238. The summed E-state index contributed by atoms with van der Waals surface area (Å²) in [4.78, 5) is 37.7. The van der Waals surface area contributed by atoms with Gasteiger partial charge in [-0.15, -0.1) is 11.6 Å². The number of ketones is 1. The van der Waals surface area contributed by atoms with Crippen molar-refractivity contribution in [3.63, 3.8) is 0 Å². The maximum Gasteiger partial charge on any atom is 0.296 e. The van der Waals surface area contributed by atoms with Gasteiger partial charge in [0.05, 0.1) is 30.6 Å².